The van der Waals surface area contributed by atoms with Crippen molar-refractivity contribution in [2.45, 2.75) is 6.10 Å². The Bertz CT molecular complexity index is 410. The first-order chi connectivity index (χ1) is 8.20. The highest BCUT2D eigenvalue weighted by molar-refractivity contribution is 6.30. The Balaban J connectivity index is 2.09. The van der Waals surface area contributed by atoms with Crippen LogP contribution in [-0.4, -0.2) is 48.3 Å². The van der Waals surface area contributed by atoms with Gasteiger partial charge in [0.05, 0.1) is 19.3 Å². The third kappa shape index (κ3) is 2.97. The molecule has 1 atom stereocenters. The minimum Gasteiger partial charge on any atom is -0.394 e. The first-order valence-electron chi connectivity index (χ1n) is 5.48. The fourth-order valence-electron chi connectivity index (χ4n) is 1.82. The highest BCUT2D eigenvalue weighted by Crippen LogP contribution is 2.14. The van der Waals surface area contributed by atoms with E-state index in [1.165, 1.54) is 0 Å². The maximum Gasteiger partial charge on any atom is 0.254 e. The van der Waals surface area contributed by atoms with Gasteiger partial charge in [-0.1, -0.05) is 17.7 Å². The van der Waals surface area contributed by atoms with Crippen molar-refractivity contribution in [2.75, 3.05) is 26.3 Å². The van der Waals surface area contributed by atoms with Gasteiger partial charge in [-0.3, -0.25) is 4.79 Å². The number of carbonyl (C=O) groups excluding carboxylic acids is 1. The van der Waals surface area contributed by atoms with Gasteiger partial charge in [0.1, 0.15) is 0 Å². The van der Waals surface area contributed by atoms with Gasteiger partial charge in [0.2, 0.25) is 0 Å². The summed E-state index contributed by atoms with van der Waals surface area (Å²) in [7, 11) is 0. The predicted molar refractivity (Wildman–Crippen MR) is 64.2 cm³/mol. The van der Waals surface area contributed by atoms with E-state index in [0.29, 0.717) is 30.3 Å². The van der Waals surface area contributed by atoms with Crippen molar-refractivity contribution >= 4 is 17.5 Å². The van der Waals surface area contributed by atoms with Crippen molar-refractivity contribution in [1.82, 2.24) is 4.90 Å². The molecule has 92 valence electrons. The molecule has 1 aliphatic rings. The van der Waals surface area contributed by atoms with Gasteiger partial charge < -0.3 is 14.7 Å². The van der Waals surface area contributed by atoms with Gasteiger partial charge in [-0.2, -0.15) is 0 Å². The molecular weight excluding hydrogens is 242 g/mol. The molecule has 0 saturated carbocycles. The van der Waals surface area contributed by atoms with E-state index < -0.39 is 0 Å². The summed E-state index contributed by atoms with van der Waals surface area (Å²) in [6, 6.07) is 6.86. The van der Waals surface area contributed by atoms with Crippen molar-refractivity contribution in [3.8, 4) is 0 Å². The second-order valence-corrected chi connectivity index (χ2v) is 4.37. The molecule has 0 radical (unpaired) electrons. The van der Waals surface area contributed by atoms with Crippen molar-refractivity contribution in [2.24, 2.45) is 0 Å². The Morgan fingerprint density at radius 1 is 1.59 bits per heavy atom. The van der Waals surface area contributed by atoms with Crippen LogP contribution in [0.4, 0.5) is 0 Å². The van der Waals surface area contributed by atoms with Crippen molar-refractivity contribution in [1.29, 1.82) is 0 Å². The largest absolute Gasteiger partial charge is 0.394 e. The van der Waals surface area contributed by atoms with Gasteiger partial charge >= 0.3 is 0 Å². The van der Waals surface area contributed by atoms with Crippen LogP contribution in [0, 0.1) is 0 Å². The lowest BCUT2D eigenvalue weighted by atomic mass is 10.1. The number of rotatable bonds is 2. The number of morpholine rings is 1. The molecule has 0 bridgehead atoms. The van der Waals surface area contributed by atoms with E-state index in [-0.39, 0.29) is 18.6 Å². The predicted octanol–water partition coefficient (Wildman–Crippen LogP) is 1.17. The molecule has 0 spiro atoms. The number of halogens is 1. The fraction of sp³-hybridized carbons (Fsp3) is 0.417. The lowest BCUT2D eigenvalue weighted by Crippen LogP contribution is -2.46. The van der Waals surface area contributed by atoms with Crippen LogP contribution in [-0.2, 0) is 4.74 Å². The zero-order valence-corrected chi connectivity index (χ0v) is 10.1. The van der Waals surface area contributed by atoms with E-state index in [9.17, 15) is 4.79 Å². The smallest absolute Gasteiger partial charge is 0.254 e. The summed E-state index contributed by atoms with van der Waals surface area (Å²) in [6.07, 6.45) is -0.285. The number of carbonyl (C=O) groups is 1. The second-order valence-electron chi connectivity index (χ2n) is 3.94. The number of hydrogen-bond acceptors (Lipinski definition) is 3. The minimum atomic E-state index is -0.285. The summed E-state index contributed by atoms with van der Waals surface area (Å²) in [6.45, 7) is 1.35. The van der Waals surface area contributed by atoms with E-state index in [1.807, 2.05) is 0 Å². The Hall–Kier alpha value is -1.10. The molecule has 1 amide bonds. The molecular formula is C12H14ClNO3. The van der Waals surface area contributed by atoms with Crippen molar-refractivity contribution < 1.29 is 14.6 Å². The van der Waals surface area contributed by atoms with Gasteiger partial charge in [0.15, 0.2) is 0 Å². The molecule has 1 unspecified atom stereocenters. The Morgan fingerprint density at radius 3 is 3.12 bits per heavy atom. The number of amides is 1. The van der Waals surface area contributed by atoms with Crippen LogP contribution in [0.1, 0.15) is 10.4 Å². The van der Waals surface area contributed by atoms with Crippen LogP contribution in [0.5, 0.6) is 0 Å². The summed E-state index contributed by atoms with van der Waals surface area (Å²) in [4.78, 5) is 13.8. The lowest BCUT2D eigenvalue weighted by Gasteiger charge is -2.32. The summed E-state index contributed by atoms with van der Waals surface area (Å²) in [5, 5.41) is 9.57. The topological polar surface area (TPSA) is 49.8 Å². The van der Waals surface area contributed by atoms with E-state index in [2.05, 4.69) is 0 Å². The van der Waals surface area contributed by atoms with Gasteiger partial charge in [-0.25, -0.2) is 0 Å². The SMILES string of the molecule is O=C(c1cccc(Cl)c1)N1CCOC(CO)C1. The highest BCUT2D eigenvalue weighted by Gasteiger charge is 2.24. The third-order valence-electron chi connectivity index (χ3n) is 2.70. The van der Waals surface area contributed by atoms with Gasteiger partial charge in [0.25, 0.3) is 5.91 Å². The first kappa shape index (κ1) is 12.4. The van der Waals surface area contributed by atoms with Crippen LogP contribution in [0.3, 0.4) is 0 Å². The maximum absolute atomic E-state index is 12.1. The number of ether oxygens (including phenoxy) is 1. The van der Waals surface area contributed by atoms with Crippen LogP contribution < -0.4 is 0 Å². The molecule has 2 rings (SSSR count). The van der Waals surface area contributed by atoms with E-state index in [4.69, 9.17) is 21.4 Å². The van der Waals surface area contributed by atoms with Crippen LogP contribution in [0.2, 0.25) is 5.02 Å². The summed E-state index contributed by atoms with van der Waals surface area (Å²) >= 11 is 5.85. The van der Waals surface area contributed by atoms with Gasteiger partial charge in [-0.05, 0) is 18.2 Å². The average Bonchev–Trinajstić information content (AvgIpc) is 2.38. The first-order valence-corrected chi connectivity index (χ1v) is 5.86. The molecule has 0 aliphatic carbocycles. The lowest BCUT2D eigenvalue weighted by molar-refractivity contribution is -0.0447. The maximum atomic E-state index is 12.1. The highest BCUT2D eigenvalue weighted by atomic mass is 35.5. The van der Waals surface area contributed by atoms with Gasteiger partial charge in [-0.15, -0.1) is 0 Å². The standard InChI is InChI=1S/C12H14ClNO3/c13-10-3-1-2-9(6-10)12(16)14-4-5-17-11(7-14)8-15/h1-3,6,11,15H,4-5,7-8H2. The van der Waals surface area contributed by atoms with Gasteiger partial charge in [0, 0.05) is 23.7 Å². The molecule has 1 aliphatic heterocycles. The van der Waals surface area contributed by atoms with E-state index >= 15 is 0 Å². The number of benzene rings is 1. The van der Waals surface area contributed by atoms with Crippen molar-refractivity contribution in [3.05, 3.63) is 34.9 Å². The van der Waals surface area contributed by atoms with Crippen LogP contribution >= 0.6 is 11.6 Å². The second kappa shape index (κ2) is 5.49. The van der Waals surface area contributed by atoms with Crippen molar-refractivity contribution in [3.63, 3.8) is 0 Å². The summed E-state index contributed by atoms with van der Waals surface area (Å²) < 4.78 is 5.30. The normalized spacial score (nSPS) is 20.4. The number of hydrogen-bond donors (Lipinski definition) is 1. The number of aliphatic hydroxyl groups excluding tert-OH is 1. The van der Waals surface area contributed by atoms with E-state index in [1.54, 1.807) is 29.2 Å². The number of nitrogens with zero attached hydrogens (tertiary/aromatic N) is 1. The zero-order valence-electron chi connectivity index (χ0n) is 9.30. The molecule has 1 heterocycles. The Kier molecular flexibility index (Phi) is 3.99. The third-order valence-corrected chi connectivity index (χ3v) is 2.94. The molecule has 5 heteroatoms. The number of aliphatic hydroxyl groups is 1. The Labute approximate surface area is 105 Å². The molecule has 4 nitrogen and oxygen atoms in total. The molecule has 0 aromatic heterocycles. The fourth-order valence-corrected chi connectivity index (χ4v) is 2.01. The Morgan fingerprint density at radius 2 is 2.41 bits per heavy atom. The molecule has 1 aromatic rings. The molecule has 1 aromatic carbocycles. The monoisotopic (exact) mass is 255 g/mol. The zero-order chi connectivity index (χ0) is 12.3. The molecule has 17 heavy (non-hydrogen) atoms. The molecule has 1 N–H and O–H groups in total. The summed E-state index contributed by atoms with van der Waals surface area (Å²) in [5.74, 6) is -0.0748. The van der Waals surface area contributed by atoms with Crippen LogP contribution in [0.25, 0.3) is 0 Å². The van der Waals surface area contributed by atoms with Crippen LogP contribution in [0.15, 0.2) is 24.3 Å². The molecule has 1 saturated heterocycles. The van der Waals surface area contributed by atoms with E-state index in [0.717, 1.165) is 0 Å². The average molecular weight is 256 g/mol. The molecule has 1 fully saturated rings. The minimum absolute atomic E-state index is 0.0701. The summed E-state index contributed by atoms with van der Waals surface area (Å²) in [5.41, 5.74) is 0.566. The quantitative estimate of drug-likeness (QED) is 0.863.